The van der Waals surface area contributed by atoms with Gasteiger partial charge in [0.25, 0.3) is 0 Å². The predicted molar refractivity (Wildman–Crippen MR) is 103 cm³/mol. The number of quaternary nitrogens is 1. The highest BCUT2D eigenvalue weighted by atomic mass is 35.5. The molecule has 1 saturated heterocycles. The van der Waals surface area contributed by atoms with E-state index in [1.165, 1.54) is 38.8 Å². The molecule has 1 heterocycles. The number of carbonyl (C=O) groups excluding carboxylic acids is 1. The topological polar surface area (TPSA) is 52.0 Å². The number of hydrogen-bond donors (Lipinski definition) is 2. The van der Waals surface area contributed by atoms with Crippen LogP contribution in [0, 0.1) is 0 Å². The Morgan fingerprint density at radius 1 is 1.11 bits per heavy atom. The van der Waals surface area contributed by atoms with Crippen molar-refractivity contribution < 1.29 is 31.6 Å². The smallest absolute Gasteiger partial charge is 0.411 e. The van der Waals surface area contributed by atoms with Crippen molar-refractivity contribution >= 4 is 11.8 Å². The van der Waals surface area contributed by atoms with Crippen molar-refractivity contribution in [3.8, 4) is 5.75 Å². The average Bonchev–Trinajstić information content (AvgIpc) is 3.19. The van der Waals surface area contributed by atoms with Gasteiger partial charge in [0.15, 0.2) is 0 Å². The second-order valence-corrected chi connectivity index (χ2v) is 7.60. The lowest BCUT2D eigenvalue weighted by molar-refractivity contribution is -0.915. The van der Waals surface area contributed by atoms with E-state index in [-0.39, 0.29) is 24.6 Å². The van der Waals surface area contributed by atoms with Gasteiger partial charge in [-0.1, -0.05) is 13.3 Å². The van der Waals surface area contributed by atoms with Gasteiger partial charge in [-0.2, -0.15) is 0 Å². The fraction of sp³-hybridized carbons (Fsp3) is 0.667. The zero-order chi connectivity index (χ0) is 18.2. The zero-order valence-corrected chi connectivity index (χ0v) is 17.1. The number of anilines is 1. The van der Waals surface area contributed by atoms with Crippen LogP contribution in [0.5, 0.6) is 5.75 Å². The monoisotopic (exact) mass is 396 g/mol. The third-order valence-corrected chi connectivity index (χ3v) is 5.64. The van der Waals surface area contributed by atoms with E-state index < -0.39 is 0 Å². The number of likely N-dealkylation sites (tertiary alicyclic amines) is 1. The van der Waals surface area contributed by atoms with E-state index in [9.17, 15) is 4.79 Å². The first-order valence-corrected chi connectivity index (χ1v) is 10.3. The van der Waals surface area contributed by atoms with Crippen LogP contribution in [0.2, 0.25) is 0 Å². The molecule has 0 aromatic heterocycles. The Kier molecular flexibility index (Phi) is 9.22. The number of rotatable bonds is 7. The number of amides is 1. The van der Waals surface area contributed by atoms with Crippen molar-refractivity contribution in [1.82, 2.24) is 0 Å². The second kappa shape index (κ2) is 11.4. The van der Waals surface area contributed by atoms with Gasteiger partial charge in [-0.3, -0.25) is 5.32 Å². The van der Waals surface area contributed by atoms with Gasteiger partial charge in [-0.05, 0) is 43.5 Å². The number of hydrogen-bond acceptors (Lipinski definition) is 3. The Hall–Kier alpha value is -1.46. The molecule has 0 bridgehead atoms. The fourth-order valence-corrected chi connectivity index (χ4v) is 4.09. The van der Waals surface area contributed by atoms with Crippen LogP contribution in [0.3, 0.4) is 0 Å². The Bertz CT molecular complexity index is 553. The van der Waals surface area contributed by atoms with E-state index in [2.05, 4.69) is 12.2 Å². The van der Waals surface area contributed by atoms with E-state index in [0.29, 0.717) is 0 Å². The molecule has 1 amide bonds. The average molecular weight is 397 g/mol. The van der Waals surface area contributed by atoms with Gasteiger partial charge >= 0.3 is 6.09 Å². The van der Waals surface area contributed by atoms with Gasteiger partial charge in [0.2, 0.25) is 0 Å². The Labute approximate surface area is 169 Å². The summed E-state index contributed by atoms with van der Waals surface area (Å²) in [6.45, 7) is 5.53. The summed E-state index contributed by atoms with van der Waals surface area (Å²) in [5, 5.41) is 2.83. The van der Waals surface area contributed by atoms with Crippen LogP contribution < -0.4 is 27.4 Å². The standard InChI is InChI=1S/C21H32N2O3.ClH/c1-2-3-16-25-19-10-6-17(7-11-19)22-21(24)26-20-12-8-18(9-13-20)23-14-4-5-15-23;/h6-7,10-11,18,20H,2-5,8-9,12-16H2,1H3,(H,22,24);1H. The summed E-state index contributed by atoms with van der Waals surface area (Å²) in [4.78, 5) is 13.9. The number of halogens is 1. The molecular formula is C21H33ClN2O3. The lowest BCUT2D eigenvalue weighted by Gasteiger charge is -2.31. The van der Waals surface area contributed by atoms with Gasteiger partial charge in [0.1, 0.15) is 11.9 Å². The van der Waals surface area contributed by atoms with E-state index in [0.717, 1.165) is 49.8 Å². The van der Waals surface area contributed by atoms with Crippen molar-refractivity contribution in [3.63, 3.8) is 0 Å². The first kappa shape index (κ1) is 21.8. The minimum atomic E-state index is -0.346. The molecule has 0 unspecified atom stereocenters. The van der Waals surface area contributed by atoms with Crippen molar-refractivity contribution in [2.45, 2.75) is 70.4 Å². The largest absolute Gasteiger partial charge is 1.00 e. The van der Waals surface area contributed by atoms with Crippen molar-refractivity contribution in [2.75, 3.05) is 25.0 Å². The number of nitrogens with one attached hydrogen (secondary N) is 2. The highest BCUT2D eigenvalue weighted by Gasteiger charge is 2.31. The lowest BCUT2D eigenvalue weighted by atomic mass is 9.92. The minimum Gasteiger partial charge on any atom is -1.00 e. The molecule has 152 valence electrons. The molecule has 1 aromatic carbocycles. The van der Waals surface area contributed by atoms with Crippen LogP contribution in [-0.4, -0.2) is 37.9 Å². The summed E-state index contributed by atoms with van der Waals surface area (Å²) in [5.41, 5.74) is 0.744. The van der Waals surface area contributed by atoms with Crippen LogP contribution in [0.4, 0.5) is 10.5 Å². The molecule has 2 N–H and O–H groups in total. The number of ether oxygens (including phenoxy) is 2. The molecule has 2 aliphatic rings. The molecule has 1 saturated carbocycles. The molecule has 1 aliphatic heterocycles. The minimum absolute atomic E-state index is 0. The Balaban J connectivity index is 0.00000261. The molecule has 3 rings (SSSR count). The third-order valence-electron chi connectivity index (χ3n) is 5.64. The highest BCUT2D eigenvalue weighted by molar-refractivity contribution is 5.84. The first-order valence-electron chi connectivity index (χ1n) is 10.3. The summed E-state index contributed by atoms with van der Waals surface area (Å²) in [6.07, 6.45) is 8.96. The van der Waals surface area contributed by atoms with Crippen molar-refractivity contribution in [1.29, 1.82) is 0 Å². The number of unbranched alkanes of at least 4 members (excludes halogenated alkanes) is 1. The summed E-state index contributed by atoms with van der Waals surface area (Å²) >= 11 is 0. The van der Waals surface area contributed by atoms with Crippen molar-refractivity contribution in [3.05, 3.63) is 24.3 Å². The SMILES string of the molecule is CCCCOc1ccc(NC(=O)OC2CCC([NH+]3CCCC3)CC2)cc1.[Cl-]. The molecular weight excluding hydrogens is 364 g/mol. The molecule has 2 fully saturated rings. The van der Waals surface area contributed by atoms with Gasteiger partial charge in [0.05, 0.1) is 25.7 Å². The van der Waals surface area contributed by atoms with E-state index >= 15 is 0 Å². The van der Waals surface area contributed by atoms with Gasteiger partial charge in [-0.25, -0.2) is 4.79 Å². The highest BCUT2D eigenvalue weighted by Crippen LogP contribution is 2.22. The fourth-order valence-electron chi connectivity index (χ4n) is 4.09. The quantitative estimate of drug-likeness (QED) is 0.656. The lowest BCUT2D eigenvalue weighted by Crippen LogP contribution is -3.14. The summed E-state index contributed by atoms with van der Waals surface area (Å²) in [7, 11) is 0. The van der Waals surface area contributed by atoms with Crippen molar-refractivity contribution in [2.24, 2.45) is 0 Å². The van der Waals surface area contributed by atoms with Gasteiger partial charge in [-0.15, -0.1) is 0 Å². The maximum absolute atomic E-state index is 12.1. The second-order valence-electron chi connectivity index (χ2n) is 7.60. The molecule has 0 radical (unpaired) electrons. The van der Waals surface area contributed by atoms with Crippen LogP contribution in [0.1, 0.15) is 58.3 Å². The van der Waals surface area contributed by atoms with Crippen LogP contribution >= 0.6 is 0 Å². The van der Waals surface area contributed by atoms with Gasteiger partial charge < -0.3 is 26.8 Å². The molecule has 1 aromatic rings. The van der Waals surface area contributed by atoms with E-state index in [1.807, 2.05) is 24.3 Å². The van der Waals surface area contributed by atoms with Crippen LogP contribution in [0.25, 0.3) is 0 Å². The Morgan fingerprint density at radius 2 is 1.78 bits per heavy atom. The zero-order valence-electron chi connectivity index (χ0n) is 16.3. The molecule has 1 aliphatic carbocycles. The summed E-state index contributed by atoms with van der Waals surface area (Å²) in [6, 6.07) is 8.26. The summed E-state index contributed by atoms with van der Waals surface area (Å²) < 4.78 is 11.3. The normalized spacial score (nSPS) is 22.7. The predicted octanol–water partition coefficient (Wildman–Crippen LogP) is 0.408. The number of benzene rings is 1. The number of carbonyl (C=O) groups is 1. The van der Waals surface area contributed by atoms with Crippen LogP contribution in [0.15, 0.2) is 24.3 Å². The summed E-state index contributed by atoms with van der Waals surface area (Å²) in [5.74, 6) is 0.833. The molecule has 0 atom stereocenters. The molecule has 0 spiro atoms. The maximum Gasteiger partial charge on any atom is 0.411 e. The van der Waals surface area contributed by atoms with E-state index in [4.69, 9.17) is 9.47 Å². The Morgan fingerprint density at radius 3 is 2.41 bits per heavy atom. The third kappa shape index (κ3) is 6.89. The van der Waals surface area contributed by atoms with Crippen LogP contribution in [-0.2, 0) is 4.74 Å². The molecule has 6 heteroatoms. The maximum atomic E-state index is 12.1. The first-order chi connectivity index (χ1) is 12.7. The van der Waals surface area contributed by atoms with Gasteiger partial charge in [0, 0.05) is 31.4 Å². The van der Waals surface area contributed by atoms with E-state index in [1.54, 1.807) is 4.90 Å². The molecule has 5 nitrogen and oxygen atoms in total. The molecule has 27 heavy (non-hydrogen) atoms.